The summed E-state index contributed by atoms with van der Waals surface area (Å²) in [5, 5.41) is 7.04. The van der Waals surface area contributed by atoms with Gasteiger partial charge in [-0.15, -0.1) is 11.3 Å². The maximum atomic E-state index is 5.48. The van der Waals surface area contributed by atoms with E-state index in [-0.39, 0.29) is 6.04 Å². The van der Waals surface area contributed by atoms with Crippen molar-refractivity contribution in [2.45, 2.75) is 18.9 Å². The molecule has 3 rings (SSSR count). The summed E-state index contributed by atoms with van der Waals surface area (Å²) in [5.41, 5.74) is 2.72. The third-order valence-corrected chi connectivity index (χ3v) is 4.43. The van der Waals surface area contributed by atoms with E-state index in [9.17, 15) is 0 Å². The van der Waals surface area contributed by atoms with Crippen molar-refractivity contribution in [3.05, 3.63) is 47.0 Å². The number of thiophene rings is 1. The average Bonchev–Trinajstić information content (AvgIpc) is 2.85. The molecule has 0 saturated carbocycles. The van der Waals surface area contributed by atoms with E-state index in [1.54, 1.807) is 0 Å². The summed E-state index contributed by atoms with van der Waals surface area (Å²) in [6.45, 7) is 0.852. The molecule has 2 aromatic rings. The topological polar surface area (TPSA) is 21.3 Å². The zero-order chi connectivity index (χ0) is 12.4. The first-order valence-electron chi connectivity index (χ1n) is 6.34. The molecule has 2 heterocycles. The van der Waals surface area contributed by atoms with Crippen LogP contribution in [0.4, 0.5) is 0 Å². The zero-order valence-corrected chi connectivity index (χ0v) is 11.3. The molecule has 0 spiro atoms. The van der Waals surface area contributed by atoms with E-state index in [1.165, 1.54) is 21.2 Å². The third-order valence-electron chi connectivity index (χ3n) is 3.44. The minimum Gasteiger partial charge on any atom is -0.501 e. The van der Waals surface area contributed by atoms with Crippen LogP contribution in [-0.2, 0) is 4.74 Å². The molecule has 0 radical (unpaired) electrons. The van der Waals surface area contributed by atoms with Crippen LogP contribution in [0.3, 0.4) is 0 Å². The highest BCUT2D eigenvalue weighted by Crippen LogP contribution is 2.35. The van der Waals surface area contributed by atoms with Gasteiger partial charge in [0.05, 0.1) is 18.9 Å². The average molecular weight is 259 g/mol. The summed E-state index contributed by atoms with van der Waals surface area (Å²) in [4.78, 5) is 0. The van der Waals surface area contributed by atoms with Crippen LogP contribution in [0.5, 0.6) is 0 Å². The van der Waals surface area contributed by atoms with E-state index in [4.69, 9.17) is 4.74 Å². The summed E-state index contributed by atoms with van der Waals surface area (Å²) in [6, 6.07) is 8.87. The molecule has 0 amide bonds. The third kappa shape index (κ3) is 2.04. The fourth-order valence-corrected chi connectivity index (χ4v) is 3.55. The Kier molecular flexibility index (Phi) is 3.35. The predicted octanol–water partition coefficient (Wildman–Crippen LogP) is 3.86. The van der Waals surface area contributed by atoms with Gasteiger partial charge < -0.3 is 10.1 Å². The number of benzene rings is 1. The first-order valence-corrected chi connectivity index (χ1v) is 7.22. The molecule has 2 nitrogen and oxygen atoms in total. The molecule has 1 unspecified atom stereocenters. The second-order valence-corrected chi connectivity index (χ2v) is 5.49. The smallest absolute Gasteiger partial charge is 0.0876 e. The van der Waals surface area contributed by atoms with Gasteiger partial charge in [-0.3, -0.25) is 0 Å². The van der Waals surface area contributed by atoms with Crippen molar-refractivity contribution in [1.29, 1.82) is 0 Å². The van der Waals surface area contributed by atoms with E-state index >= 15 is 0 Å². The molecule has 1 aliphatic rings. The fourth-order valence-electron chi connectivity index (χ4n) is 2.56. The molecule has 1 aromatic heterocycles. The lowest BCUT2D eigenvalue weighted by Crippen LogP contribution is -2.20. The van der Waals surface area contributed by atoms with Crippen molar-refractivity contribution in [3.8, 4) is 0 Å². The molecule has 3 heteroatoms. The van der Waals surface area contributed by atoms with Gasteiger partial charge in [-0.2, -0.15) is 0 Å². The van der Waals surface area contributed by atoms with Gasteiger partial charge in [-0.1, -0.05) is 18.2 Å². The Bertz CT molecular complexity index is 573. The van der Waals surface area contributed by atoms with Crippen LogP contribution in [0.15, 0.2) is 41.5 Å². The molecule has 18 heavy (non-hydrogen) atoms. The molecule has 0 saturated heterocycles. The summed E-state index contributed by atoms with van der Waals surface area (Å²) >= 11 is 1.81. The highest BCUT2D eigenvalue weighted by atomic mass is 32.1. The molecular weight excluding hydrogens is 242 g/mol. The van der Waals surface area contributed by atoms with Gasteiger partial charge in [0, 0.05) is 4.70 Å². The fraction of sp³-hybridized carbons (Fsp3) is 0.333. The molecule has 1 aromatic carbocycles. The Hall–Kier alpha value is -1.32. The molecule has 1 N–H and O–H groups in total. The summed E-state index contributed by atoms with van der Waals surface area (Å²) < 4.78 is 6.83. The van der Waals surface area contributed by atoms with E-state index in [1.807, 2.05) is 24.6 Å². The number of hydrogen-bond acceptors (Lipinski definition) is 3. The van der Waals surface area contributed by atoms with Crippen LogP contribution in [0.25, 0.3) is 10.1 Å². The SMILES string of the molecule is CNC(C1=COCCC1)c1csc2ccccc12. The van der Waals surface area contributed by atoms with Crippen LogP contribution in [0.1, 0.15) is 24.4 Å². The van der Waals surface area contributed by atoms with Crippen LogP contribution in [0.2, 0.25) is 0 Å². The van der Waals surface area contributed by atoms with Crippen LogP contribution in [-0.4, -0.2) is 13.7 Å². The van der Waals surface area contributed by atoms with Gasteiger partial charge in [-0.05, 0) is 47.9 Å². The minimum atomic E-state index is 0.279. The van der Waals surface area contributed by atoms with E-state index < -0.39 is 0 Å². The Morgan fingerprint density at radius 2 is 2.22 bits per heavy atom. The lowest BCUT2D eigenvalue weighted by atomic mass is 9.95. The van der Waals surface area contributed by atoms with Crippen LogP contribution in [0, 0.1) is 0 Å². The first kappa shape index (κ1) is 11.8. The maximum Gasteiger partial charge on any atom is 0.0876 e. The quantitative estimate of drug-likeness (QED) is 0.904. The molecule has 94 valence electrons. The maximum absolute atomic E-state index is 5.48. The molecular formula is C15H17NOS. The number of rotatable bonds is 3. The molecule has 0 bridgehead atoms. The van der Waals surface area contributed by atoms with Crippen molar-refractivity contribution in [1.82, 2.24) is 5.32 Å². The Morgan fingerprint density at radius 3 is 3.00 bits per heavy atom. The van der Waals surface area contributed by atoms with Crippen LogP contribution < -0.4 is 5.32 Å². The standard InChI is InChI=1S/C15H17NOS/c1-16-15(11-5-4-8-17-9-11)13-10-18-14-7-3-2-6-12(13)14/h2-3,6-7,9-10,15-16H,4-5,8H2,1H3. The molecule has 1 atom stereocenters. The lowest BCUT2D eigenvalue weighted by Gasteiger charge is -2.22. The van der Waals surface area contributed by atoms with E-state index in [0.29, 0.717) is 0 Å². The normalized spacial score (nSPS) is 17.3. The van der Waals surface area contributed by atoms with Crippen LogP contribution >= 0.6 is 11.3 Å². The second-order valence-electron chi connectivity index (χ2n) is 4.58. The number of nitrogens with one attached hydrogen (secondary N) is 1. The highest BCUT2D eigenvalue weighted by Gasteiger charge is 2.20. The summed E-state index contributed by atoms with van der Waals surface area (Å²) in [7, 11) is 2.02. The minimum absolute atomic E-state index is 0.279. The van der Waals surface area contributed by atoms with Crippen molar-refractivity contribution in [3.63, 3.8) is 0 Å². The lowest BCUT2D eigenvalue weighted by molar-refractivity contribution is 0.220. The van der Waals surface area contributed by atoms with Gasteiger partial charge >= 0.3 is 0 Å². The Labute approximate surface area is 111 Å². The number of fused-ring (bicyclic) bond motifs is 1. The highest BCUT2D eigenvalue weighted by molar-refractivity contribution is 7.17. The summed E-state index contributed by atoms with van der Waals surface area (Å²) in [6.07, 6.45) is 4.18. The molecule has 0 fully saturated rings. The van der Waals surface area contributed by atoms with Crippen molar-refractivity contribution >= 4 is 21.4 Å². The number of hydrogen-bond donors (Lipinski definition) is 1. The molecule has 0 aliphatic carbocycles. The largest absolute Gasteiger partial charge is 0.501 e. The zero-order valence-electron chi connectivity index (χ0n) is 10.5. The predicted molar refractivity (Wildman–Crippen MR) is 76.9 cm³/mol. The number of ether oxygens (including phenoxy) is 1. The van der Waals surface area contributed by atoms with Gasteiger partial charge in [0.25, 0.3) is 0 Å². The van der Waals surface area contributed by atoms with Gasteiger partial charge in [-0.25, -0.2) is 0 Å². The van der Waals surface area contributed by atoms with Crippen molar-refractivity contribution in [2.75, 3.05) is 13.7 Å². The van der Waals surface area contributed by atoms with Crippen molar-refractivity contribution < 1.29 is 4.74 Å². The van der Waals surface area contributed by atoms with E-state index in [2.05, 4.69) is 35.0 Å². The number of likely N-dealkylation sites (N-methyl/N-ethyl adjacent to an activating group) is 1. The van der Waals surface area contributed by atoms with Gasteiger partial charge in [0.1, 0.15) is 0 Å². The van der Waals surface area contributed by atoms with Crippen molar-refractivity contribution in [2.24, 2.45) is 0 Å². The summed E-state index contributed by atoms with van der Waals surface area (Å²) in [5.74, 6) is 0. The van der Waals surface area contributed by atoms with E-state index in [0.717, 1.165) is 19.4 Å². The van der Waals surface area contributed by atoms with Gasteiger partial charge in [0.15, 0.2) is 0 Å². The Morgan fingerprint density at radius 1 is 1.33 bits per heavy atom. The molecule has 1 aliphatic heterocycles. The first-order chi connectivity index (χ1) is 8.90. The monoisotopic (exact) mass is 259 g/mol. The second kappa shape index (κ2) is 5.12. The van der Waals surface area contributed by atoms with Gasteiger partial charge in [0.2, 0.25) is 0 Å². The Balaban J connectivity index is 2.03.